The Morgan fingerprint density at radius 3 is 3.00 bits per heavy atom. The van der Waals surface area contributed by atoms with E-state index in [9.17, 15) is 9.59 Å². The molecule has 0 fully saturated rings. The van der Waals surface area contributed by atoms with Crippen LogP contribution in [0.4, 0.5) is 0 Å². The summed E-state index contributed by atoms with van der Waals surface area (Å²) >= 11 is 0. The number of ether oxygens (including phenoxy) is 2. The Balaban J connectivity index is 2.46. The van der Waals surface area contributed by atoms with Gasteiger partial charge in [-0.05, 0) is 12.5 Å². The van der Waals surface area contributed by atoms with Crippen LogP contribution in [0.2, 0.25) is 0 Å². The Morgan fingerprint density at radius 1 is 1.53 bits per heavy atom. The smallest absolute Gasteiger partial charge is 0.374 e. The second-order valence-corrected chi connectivity index (χ2v) is 2.82. The van der Waals surface area contributed by atoms with Gasteiger partial charge in [0, 0.05) is 6.07 Å². The van der Waals surface area contributed by atoms with Crippen molar-refractivity contribution in [2.24, 2.45) is 0 Å². The van der Waals surface area contributed by atoms with Gasteiger partial charge in [0.2, 0.25) is 5.76 Å². The summed E-state index contributed by atoms with van der Waals surface area (Å²) in [4.78, 5) is 21.2. The van der Waals surface area contributed by atoms with E-state index in [1.807, 2.05) is 6.92 Å². The monoisotopic (exact) mass is 212 g/mol. The molecule has 0 aliphatic heterocycles. The van der Waals surface area contributed by atoms with Gasteiger partial charge in [-0.15, -0.1) is 0 Å². The summed E-state index contributed by atoms with van der Waals surface area (Å²) in [5.41, 5.74) is 0. The Hall–Kier alpha value is -1.78. The number of carbonyl (C=O) groups excluding carboxylic acids is 2. The molecule has 0 saturated carbocycles. The Kier molecular flexibility index (Phi) is 4.40. The van der Waals surface area contributed by atoms with Crippen LogP contribution in [0.15, 0.2) is 16.5 Å². The van der Waals surface area contributed by atoms with E-state index >= 15 is 0 Å². The topological polar surface area (TPSA) is 65.7 Å². The highest BCUT2D eigenvalue weighted by Crippen LogP contribution is 2.16. The first kappa shape index (κ1) is 11.3. The molecule has 1 rings (SSSR count). The highest BCUT2D eigenvalue weighted by molar-refractivity contribution is 5.86. The lowest BCUT2D eigenvalue weighted by Crippen LogP contribution is -2.04. The van der Waals surface area contributed by atoms with E-state index < -0.39 is 5.97 Å². The summed E-state index contributed by atoms with van der Waals surface area (Å²) in [7, 11) is 0. The Morgan fingerprint density at radius 2 is 2.33 bits per heavy atom. The van der Waals surface area contributed by atoms with Gasteiger partial charge >= 0.3 is 12.4 Å². The molecular weight excluding hydrogens is 200 g/mol. The lowest BCUT2D eigenvalue weighted by molar-refractivity contribution is -0.121. The third kappa shape index (κ3) is 3.46. The van der Waals surface area contributed by atoms with E-state index in [4.69, 9.17) is 9.15 Å². The van der Waals surface area contributed by atoms with Gasteiger partial charge in [0.1, 0.15) is 0 Å². The molecule has 0 saturated heterocycles. The van der Waals surface area contributed by atoms with Crippen molar-refractivity contribution in [2.75, 3.05) is 6.61 Å². The normalized spacial score (nSPS) is 9.67. The molecule has 0 bridgehead atoms. The molecule has 1 heterocycles. The second kappa shape index (κ2) is 5.85. The predicted molar refractivity (Wildman–Crippen MR) is 50.6 cm³/mol. The first-order valence-electron chi connectivity index (χ1n) is 4.65. The van der Waals surface area contributed by atoms with Gasteiger partial charge in [0.05, 0.1) is 6.61 Å². The van der Waals surface area contributed by atoms with Crippen LogP contribution in [-0.2, 0) is 9.53 Å². The molecule has 1 aromatic heterocycles. The number of furan rings is 1. The number of carbonyl (C=O) groups is 2. The standard InChI is InChI=1S/C10H12O5/c1-2-3-6-13-10(12)8-4-5-9(15-8)14-7-11/h4-5,7H,2-3,6H2,1H3. The van der Waals surface area contributed by atoms with Gasteiger partial charge in [0.15, 0.2) is 0 Å². The number of esters is 1. The SMILES string of the molecule is CCCCOC(=O)c1ccc(OC=O)o1. The molecule has 1 aromatic rings. The van der Waals surface area contributed by atoms with Crippen LogP contribution in [0.5, 0.6) is 5.95 Å². The van der Waals surface area contributed by atoms with Gasteiger partial charge in [-0.2, -0.15) is 0 Å². The van der Waals surface area contributed by atoms with E-state index in [2.05, 4.69) is 4.74 Å². The second-order valence-electron chi connectivity index (χ2n) is 2.82. The molecule has 82 valence electrons. The molecule has 0 radical (unpaired) electrons. The highest BCUT2D eigenvalue weighted by Gasteiger charge is 2.12. The maximum atomic E-state index is 11.3. The zero-order valence-corrected chi connectivity index (χ0v) is 8.39. The number of hydrogen-bond acceptors (Lipinski definition) is 5. The minimum atomic E-state index is -0.552. The maximum Gasteiger partial charge on any atom is 0.374 e. The molecule has 5 nitrogen and oxygen atoms in total. The predicted octanol–water partition coefficient (Wildman–Crippen LogP) is 1.77. The van der Waals surface area contributed by atoms with Crippen molar-refractivity contribution in [1.82, 2.24) is 0 Å². The largest absolute Gasteiger partial charge is 0.460 e. The van der Waals surface area contributed by atoms with Crippen LogP contribution in [-0.4, -0.2) is 19.0 Å². The van der Waals surface area contributed by atoms with Crippen molar-refractivity contribution in [1.29, 1.82) is 0 Å². The van der Waals surface area contributed by atoms with E-state index in [0.29, 0.717) is 6.61 Å². The van der Waals surface area contributed by atoms with Crippen molar-refractivity contribution in [2.45, 2.75) is 19.8 Å². The van der Waals surface area contributed by atoms with Gasteiger partial charge in [0.25, 0.3) is 5.95 Å². The average molecular weight is 212 g/mol. The molecular formula is C10H12O5. The zero-order chi connectivity index (χ0) is 11.1. The lowest BCUT2D eigenvalue weighted by Gasteiger charge is -2.00. The maximum absolute atomic E-state index is 11.3. The van der Waals surface area contributed by atoms with Crippen molar-refractivity contribution >= 4 is 12.4 Å². The Bertz CT molecular complexity index is 328. The summed E-state index contributed by atoms with van der Waals surface area (Å²) in [6.07, 6.45) is 1.76. The van der Waals surface area contributed by atoms with Crippen LogP contribution in [0.25, 0.3) is 0 Å². The molecule has 0 aromatic carbocycles. The number of rotatable bonds is 6. The average Bonchev–Trinajstić information content (AvgIpc) is 2.67. The van der Waals surface area contributed by atoms with Gasteiger partial charge in [-0.1, -0.05) is 13.3 Å². The van der Waals surface area contributed by atoms with Crippen molar-refractivity contribution in [3.05, 3.63) is 17.9 Å². The molecule has 5 heteroatoms. The first-order chi connectivity index (χ1) is 7.27. The zero-order valence-electron chi connectivity index (χ0n) is 8.39. The highest BCUT2D eigenvalue weighted by atomic mass is 16.6. The molecule has 0 aliphatic carbocycles. The minimum Gasteiger partial charge on any atom is -0.460 e. The fourth-order valence-corrected chi connectivity index (χ4v) is 0.921. The minimum absolute atomic E-state index is 0.0209. The first-order valence-corrected chi connectivity index (χ1v) is 4.65. The fourth-order valence-electron chi connectivity index (χ4n) is 0.921. The molecule has 0 spiro atoms. The van der Waals surface area contributed by atoms with Crippen molar-refractivity contribution in [3.8, 4) is 5.95 Å². The molecule has 0 atom stereocenters. The lowest BCUT2D eigenvalue weighted by atomic mass is 10.4. The molecule has 0 N–H and O–H groups in total. The third-order valence-corrected chi connectivity index (χ3v) is 1.68. The van der Waals surface area contributed by atoms with Crippen LogP contribution < -0.4 is 4.74 Å². The summed E-state index contributed by atoms with van der Waals surface area (Å²) in [6.45, 7) is 2.59. The summed E-state index contributed by atoms with van der Waals surface area (Å²) in [5.74, 6) is -0.542. The van der Waals surface area contributed by atoms with E-state index in [-0.39, 0.29) is 18.2 Å². The summed E-state index contributed by atoms with van der Waals surface area (Å²) < 4.78 is 14.2. The quantitative estimate of drug-likeness (QED) is 0.408. The number of hydrogen-bond donors (Lipinski definition) is 0. The molecule has 0 unspecified atom stereocenters. The van der Waals surface area contributed by atoms with Gasteiger partial charge < -0.3 is 13.9 Å². The molecule has 15 heavy (non-hydrogen) atoms. The molecule has 0 aliphatic rings. The number of unbranched alkanes of at least 4 members (excludes halogenated alkanes) is 1. The van der Waals surface area contributed by atoms with Crippen molar-refractivity contribution in [3.63, 3.8) is 0 Å². The summed E-state index contributed by atoms with van der Waals surface area (Å²) in [6, 6.07) is 2.78. The van der Waals surface area contributed by atoms with E-state index in [0.717, 1.165) is 12.8 Å². The van der Waals surface area contributed by atoms with Crippen molar-refractivity contribution < 1.29 is 23.5 Å². The third-order valence-electron chi connectivity index (χ3n) is 1.68. The van der Waals surface area contributed by atoms with Crippen LogP contribution >= 0.6 is 0 Å². The Labute approximate surface area is 87.0 Å². The van der Waals surface area contributed by atoms with Gasteiger partial charge in [-0.3, -0.25) is 4.79 Å². The van der Waals surface area contributed by atoms with Gasteiger partial charge in [-0.25, -0.2) is 4.79 Å². The van der Waals surface area contributed by atoms with E-state index in [1.54, 1.807) is 0 Å². The fraction of sp³-hybridized carbons (Fsp3) is 0.400. The van der Waals surface area contributed by atoms with Crippen LogP contribution in [0.1, 0.15) is 30.3 Å². The van der Waals surface area contributed by atoms with Crippen LogP contribution in [0.3, 0.4) is 0 Å². The van der Waals surface area contributed by atoms with Crippen LogP contribution in [0, 0.1) is 0 Å². The van der Waals surface area contributed by atoms with E-state index in [1.165, 1.54) is 12.1 Å². The summed E-state index contributed by atoms with van der Waals surface area (Å²) in [5, 5.41) is 0. The molecule has 0 amide bonds.